The van der Waals surface area contributed by atoms with E-state index in [0.29, 0.717) is 5.92 Å². The lowest BCUT2D eigenvalue weighted by Gasteiger charge is -2.41. The third-order valence-electron chi connectivity index (χ3n) is 18.2. The van der Waals surface area contributed by atoms with E-state index in [1.165, 1.54) is 100 Å². The van der Waals surface area contributed by atoms with Gasteiger partial charge in [-0.2, -0.15) is 0 Å². The number of allylic oxidation sites excluding steroid dienone is 1. The molecule has 388 valence electrons. The van der Waals surface area contributed by atoms with Crippen LogP contribution in [0.15, 0.2) is 237 Å². The van der Waals surface area contributed by atoms with E-state index in [-0.39, 0.29) is 10.8 Å². The minimum Gasteiger partial charge on any atom is -0.457 e. The third kappa shape index (κ3) is 6.86. The zero-order valence-electron chi connectivity index (χ0n) is 46.7. The summed E-state index contributed by atoms with van der Waals surface area (Å²) in [5.41, 5.74) is 24.2. The number of benzene rings is 10. The predicted octanol–water partition coefficient (Wildman–Crippen LogP) is 19.7. The Morgan fingerprint density at radius 1 is 0.450 bits per heavy atom. The van der Waals surface area contributed by atoms with Crippen LogP contribution in [0.5, 0.6) is 11.5 Å². The number of hydrogen-bond donors (Lipinski definition) is 0. The van der Waals surface area contributed by atoms with E-state index in [0.717, 1.165) is 40.7 Å². The van der Waals surface area contributed by atoms with Crippen molar-refractivity contribution in [3.63, 3.8) is 0 Å². The van der Waals surface area contributed by atoms with E-state index >= 15 is 0 Å². The molecule has 0 saturated carbocycles. The average molecular weight is 1030 g/mol. The van der Waals surface area contributed by atoms with Gasteiger partial charge in [0.25, 0.3) is 0 Å². The monoisotopic (exact) mass is 1030 g/mol. The zero-order valence-corrected chi connectivity index (χ0v) is 46.7. The molecule has 0 radical (unpaired) electrons. The molecule has 0 N–H and O–H groups in total. The second kappa shape index (κ2) is 17.5. The van der Waals surface area contributed by atoms with Crippen LogP contribution < -0.4 is 9.64 Å². The molecule has 3 nitrogen and oxygen atoms in total. The van der Waals surface area contributed by atoms with E-state index in [4.69, 9.17) is 4.74 Å². The van der Waals surface area contributed by atoms with Crippen molar-refractivity contribution in [2.24, 2.45) is 5.92 Å². The molecular weight excluding hydrogens is 969 g/mol. The Kier molecular flexibility index (Phi) is 10.6. The van der Waals surface area contributed by atoms with Crippen LogP contribution in [-0.2, 0) is 28.1 Å². The van der Waals surface area contributed by atoms with Gasteiger partial charge in [0.05, 0.1) is 27.7 Å². The maximum atomic E-state index is 7.13. The lowest BCUT2D eigenvalue weighted by molar-refractivity contribution is 0.433. The minimum absolute atomic E-state index is 0.107. The van der Waals surface area contributed by atoms with Crippen molar-refractivity contribution in [1.82, 2.24) is 4.57 Å². The van der Waals surface area contributed by atoms with E-state index < -0.39 is 10.8 Å². The van der Waals surface area contributed by atoms with Gasteiger partial charge in [-0.05, 0) is 157 Å². The molecule has 1 unspecified atom stereocenters. The third-order valence-corrected chi connectivity index (χ3v) is 18.2. The van der Waals surface area contributed by atoms with Crippen molar-refractivity contribution in [1.29, 1.82) is 0 Å². The summed E-state index contributed by atoms with van der Waals surface area (Å²) >= 11 is 0. The summed E-state index contributed by atoms with van der Waals surface area (Å²) in [5.74, 6) is 2.19. The molecule has 0 fully saturated rings. The molecule has 15 rings (SSSR count). The Bertz CT molecular complexity index is 4250. The molecule has 1 spiro atoms. The van der Waals surface area contributed by atoms with Crippen LogP contribution in [0, 0.1) is 5.92 Å². The van der Waals surface area contributed by atoms with Crippen LogP contribution in [0.3, 0.4) is 0 Å². The summed E-state index contributed by atoms with van der Waals surface area (Å²) in [4.78, 5) is 2.58. The van der Waals surface area contributed by atoms with Crippen LogP contribution in [0.25, 0.3) is 44.9 Å². The van der Waals surface area contributed by atoms with Crippen molar-refractivity contribution in [3.8, 4) is 39.4 Å². The highest BCUT2D eigenvalue weighted by Gasteiger charge is 2.52. The van der Waals surface area contributed by atoms with Crippen molar-refractivity contribution in [3.05, 3.63) is 303 Å². The fraction of sp³-hybridized carbons (Fsp3) is 0.169. The van der Waals surface area contributed by atoms with Gasteiger partial charge >= 0.3 is 0 Å². The van der Waals surface area contributed by atoms with Gasteiger partial charge in [-0.25, -0.2) is 0 Å². The quantitative estimate of drug-likeness (QED) is 0.165. The summed E-state index contributed by atoms with van der Waals surface area (Å²) < 4.78 is 9.71. The molecule has 4 aliphatic rings. The smallest absolute Gasteiger partial charge is 0.132 e. The van der Waals surface area contributed by atoms with E-state index in [2.05, 4.69) is 301 Å². The maximum Gasteiger partial charge on any atom is 0.132 e. The number of rotatable bonds is 6. The number of nitrogens with zero attached hydrogens (tertiary/aromatic N) is 2. The maximum absolute atomic E-state index is 7.13. The molecule has 10 aromatic carbocycles. The summed E-state index contributed by atoms with van der Waals surface area (Å²) in [6.45, 7) is 16.3. The summed E-state index contributed by atoms with van der Waals surface area (Å²) in [7, 11) is 0. The average Bonchev–Trinajstić information content (AvgIpc) is 4.00. The summed E-state index contributed by atoms with van der Waals surface area (Å²) in [6.07, 6.45) is 5.69. The molecule has 3 aliphatic carbocycles. The van der Waals surface area contributed by atoms with E-state index in [1.54, 1.807) is 0 Å². The highest BCUT2D eigenvalue weighted by Crippen LogP contribution is 2.64. The van der Waals surface area contributed by atoms with Crippen LogP contribution in [-0.4, -0.2) is 4.57 Å². The van der Waals surface area contributed by atoms with E-state index in [1.807, 2.05) is 0 Å². The molecule has 80 heavy (non-hydrogen) atoms. The number of aromatic nitrogens is 1. The molecule has 3 heteroatoms. The first-order valence-electron chi connectivity index (χ1n) is 28.6. The standard InChI is InChI=1S/C77H64N2O/c1-49-34-39-61-60-28-16-19-31-68(60)79(71(61)44-49)70-33-21-20-32-69(70)78(54-37-40-58-56-26-14-17-29-62(56)76(64(58)47-54,50-22-10-8-11-23-50)51-24-12-9-13-25-51)55-38-41-59-57-27-15-18-30-63(57)77(65(59)48-55)66-45-52(74(2,3)4)35-42-72(66)80-73-43-36-53(46-67(73)77)75(5,6)7/h8-43,45-49H,44H2,1-7H3. The van der Waals surface area contributed by atoms with Gasteiger partial charge in [0.1, 0.15) is 11.5 Å². The Hall–Kier alpha value is -8.92. The number of anilines is 3. The number of fused-ring (bicyclic) bond motifs is 15. The normalized spacial score (nSPS) is 15.8. The first-order valence-corrected chi connectivity index (χ1v) is 28.6. The van der Waals surface area contributed by atoms with Crippen LogP contribution >= 0.6 is 0 Å². The van der Waals surface area contributed by atoms with Crippen LogP contribution in [0.2, 0.25) is 0 Å². The SMILES string of the molecule is CC1C=Cc2c(n(-c3ccccc3N(c3ccc4c(c3)C(c3ccccc3)(c3ccccc3)c3ccccc3-4)c3ccc4c(c3)C3(c5cc(C(C)(C)C)ccc5Oc5ccc(C(C)(C)C)cc53)c3ccccc3-4)c3ccccc23)C1. The molecule has 1 atom stereocenters. The second-order valence-electron chi connectivity index (χ2n) is 24.9. The van der Waals surface area contributed by atoms with Crippen LogP contribution in [0.4, 0.5) is 17.1 Å². The summed E-state index contributed by atoms with van der Waals surface area (Å²) in [6, 6.07) is 87.4. The Morgan fingerprint density at radius 2 is 0.938 bits per heavy atom. The first kappa shape index (κ1) is 48.2. The molecule has 1 aliphatic heterocycles. The fourth-order valence-electron chi connectivity index (χ4n) is 14.5. The van der Waals surface area contributed by atoms with Crippen molar-refractivity contribution in [2.45, 2.75) is 76.5 Å². The van der Waals surface area contributed by atoms with Crippen molar-refractivity contribution in [2.75, 3.05) is 4.90 Å². The van der Waals surface area contributed by atoms with Crippen molar-refractivity contribution >= 4 is 34.0 Å². The van der Waals surface area contributed by atoms with Gasteiger partial charge in [0, 0.05) is 39.1 Å². The highest BCUT2D eigenvalue weighted by atomic mass is 16.5. The molecule has 1 aromatic heterocycles. The lowest BCUT2D eigenvalue weighted by Crippen LogP contribution is -2.33. The Labute approximate surface area is 471 Å². The van der Waals surface area contributed by atoms with Crippen molar-refractivity contribution < 1.29 is 4.74 Å². The lowest BCUT2D eigenvalue weighted by atomic mass is 9.64. The van der Waals surface area contributed by atoms with Gasteiger partial charge in [0.2, 0.25) is 0 Å². The van der Waals surface area contributed by atoms with Gasteiger partial charge in [0.15, 0.2) is 0 Å². The first-order chi connectivity index (χ1) is 38.8. The molecule has 0 amide bonds. The molecule has 0 saturated heterocycles. The number of para-hydroxylation sites is 3. The molecule has 0 bridgehead atoms. The van der Waals surface area contributed by atoms with E-state index in [9.17, 15) is 0 Å². The van der Waals surface area contributed by atoms with Crippen LogP contribution in [0.1, 0.15) is 115 Å². The van der Waals surface area contributed by atoms with Gasteiger partial charge in [-0.15, -0.1) is 0 Å². The second-order valence-corrected chi connectivity index (χ2v) is 24.9. The highest BCUT2D eigenvalue weighted by molar-refractivity contribution is 5.97. The topological polar surface area (TPSA) is 17.4 Å². The van der Waals surface area contributed by atoms with Gasteiger partial charge in [-0.3, -0.25) is 0 Å². The number of ether oxygens (including phenoxy) is 1. The number of hydrogen-bond acceptors (Lipinski definition) is 2. The summed E-state index contributed by atoms with van der Waals surface area (Å²) in [5, 5.41) is 1.27. The zero-order chi connectivity index (χ0) is 54.3. The van der Waals surface area contributed by atoms with Gasteiger partial charge < -0.3 is 14.2 Å². The Balaban J connectivity index is 1.06. The Morgan fingerprint density at radius 3 is 1.52 bits per heavy atom. The molecule has 11 aromatic rings. The molecular formula is C77H64N2O. The van der Waals surface area contributed by atoms with Gasteiger partial charge in [-0.1, -0.05) is 224 Å². The minimum atomic E-state index is -0.716. The fourth-order valence-corrected chi connectivity index (χ4v) is 14.5. The predicted molar refractivity (Wildman–Crippen MR) is 332 cm³/mol. The largest absolute Gasteiger partial charge is 0.457 e. The molecule has 2 heterocycles.